The standard InChI is InChI=1S/C31H30N4O/c1-22(30-28-18-26(32)14-17-29(28)34-31(30)36)33-27-15-12-25(13-16-27)21-35(19-23-8-4-2-5-9-23)20-24-10-6-3-7-11-24/h2-18,34,36H,19-21,32H2,1H3. The number of hydrogen-bond acceptors (Lipinski definition) is 4. The van der Waals surface area contributed by atoms with Gasteiger partial charge >= 0.3 is 0 Å². The summed E-state index contributed by atoms with van der Waals surface area (Å²) in [7, 11) is 0. The fourth-order valence-corrected chi connectivity index (χ4v) is 4.60. The molecule has 5 rings (SSSR count). The van der Waals surface area contributed by atoms with E-state index in [1.54, 1.807) is 0 Å². The zero-order chi connectivity index (χ0) is 24.9. The summed E-state index contributed by atoms with van der Waals surface area (Å²) in [6.45, 7) is 4.48. The van der Waals surface area contributed by atoms with Crippen LogP contribution in [0.4, 0.5) is 11.4 Å². The molecule has 0 aliphatic rings. The largest absolute Gasteiger partial charge is 0.494 e. The number of H-pyrrole nitrogens is 1. The number of benzene rings is 4. The molecule has 0 saturated heterocycles. The minimum absolute atomic E-state index is 0.103. The number of nitrogens with zero attached hydrogens (tertiary/aromatic N) is 2. The molecule has 0 saturated carbocycles. The fourth-order valence-electron chi connectivity index (χ4n) is 4.60. The second-order valence-corrected chi connectivity index (χ2v) is 9.13. The number of rotatable bonds is 8. The van der Waals surface area contributed by atoms with E-state index in [1.807, 2.05) is 37.3 Å². The zero-order valence-electron chi connectivity index (χ0n) is 20.4. The summed E-state index contributed by atoms with van der Waals surface area (Å²) in [4.78, 5) is 10.2. The van der Waals surface area contributed by atoms with Crippen molar-refractivity contribution in [2.75, 3.05) is 5.73 Å². The van der Waals surface area contributed by atoms with Crippen LogP contribution >= 0.6 is 0 Å². The van der Waals surface area contributed by atoms with Crippen molar-refractivity contribution >= 4 is 28.0 Å². The Morgan fingerprint density at radius 3 is 1.92 bits per heavy atom. The molecule has 4 N–H and O–H groups in total. The number of nitrogens with two attached hydrogens (primary N) is 1. The van der Waals surface area contributed by atoms with Crippen molar-refractivity contribution in [1.29, 1.82) is 0 Å². The number of nitrogen functional groups attached to an aromatic ring is 1. The minimum Gasteiger partial charge on any atom is -0.494 e. The fraction of sp³-hybridized carbons (Fsp3) is 0.129. The first-order chi connectivity index (χ1) is 17.5. The summed E-state index contributed by atoms with van der Waals surface area (Å²) < 4.78 is 0. The van der Waals surface area contributed by atoms with Crippen molar-refractivity contribution in [2.24, 2.45) is 4.99 Å². The maximum atomic E-state index is 10.5. The average molecular weight is 475 g/mol. The molecule has 5 aromatic rings. The maximum Gasteiger partial charge on any atom is 0.198 e. The van der Waals surface area contributed by atoms with Crippen LogP contribution in [0.2, 0.25) is 0 Å². The number of aromatic hydroxyl groups is 1. The molecule has 0 fully saturated rings. The first kappa shape index (κ1) is 23.4. The molecule has 5 nitrogen and oxygen atoms in total. The van der Waals surface area contributed by atoms with Gasteiger partial charge in [0.05, 0.1) is 17.0 Å². The molecule has 4 aromatic carbocycles. The lowest BCUT2D eigenvalue weighted by Gasteiger charge is -2.23. The van der Waals surface area contributed by atoms with Crippen LogP contribution in [0.15, 0.2) is 108 Å². The van der Waals surface area contributed by atoms with Gasteiger partial charge in [0.15, 0.2) is 5.88 Å². The highest BCUT2D eigenvalue weighted by Gasteiger charge is 2.14. The van der Waals surface area contributed by atoms with Gasteiger partial charge in [0.1, 0.15) is 0 Å². The van der Waals surface area contributed by atoms with Gasteiger partial charge in [0.2, 0.25) is 0 Å². The minimum atomic E-state index is 0.103. The zero-order valence-corrected chi connectivity index (χ0v) is 20.4. The van der Waals surface area contributed by atoms with Crippen LogP contribution < -0.4 is 5.73 Å². The quantitative estimate of drug-likeness (QED) is 0.171. The Balaban J connectivity index is 1.35. The van der Waals surface area contributed by atoms with Gasteiger partial charge in [-0.05, 0) is 53.9 Å². The molecule has 0 spiro atoms. The van der Waals surface area contributed by atoms with Gasteiger partial charge in [-0.3, -0.25) is 9.89 Å². The molecule has 180 valence electrons. The third-order valence-corrected chi connectivity index (χ3v) is 6.30. The van der Waals surface area contributed by atoms with E-state index in [-0.39, 0.29) is 5.88 Å². The van der Waals surface area contributed by atoms with Gasteiger partial charge in [0, 0.05) is 36.2 Å². The number of anilines is 1. The van der Waals surface area contributed by atoms with E-state index in [2.05, 4.69) is 82.7 Å². The molecule has 0 radical (unpaired) electrons. The van der Waals surface area contributed by atoms with Crippen molar-refractivity contribution in [3.8, 4) is 5.88 Å². The molecule has 0 atom stereocenters. The molecular weight excluding hydrogens is 444 g/mol. The first-order valence-corrected chi connectivity index (χ1v) is 12.1. The predicted octanol–water partition coefficient (Wildman–Crippen LogP) is 6.80. The van der Waals surface area contributed by atoms with Crippen LogP contribution in [0.25, 0.3) is 10.9 Å². The number of aromatic nitrogens is 1. The molecule has 1 heterocycles. The molecule has 0 aliphatic heterocycles. The summed E-state index contributed by atoms with van der Waals surface area (Å²) >= 11 is 0. The second kappa shape index (κ2) is 10.5. The Morgan fingerprint density at radius 2 is 1.33 bits per heavy atom. The number of hydrogen-bond donors (Lipinski definition) is 3. The van der Waals surface area contributed by atoms with E-state index < -0.39 is 0 Å². The van der Waals surface area contributed by atoms with Gasteiger partial charge in [-0.15, -0.1) is 0 Å². The van der Waals surface area contributed by atoms with E-state index >= 15 is 0 Å². The number of nitrogens with one attached hydrogen (secondary N) is 1. The molecule has 0 amide bonds. The number of aromatic amines is 1. The Bertz CT molecular complexity index is 1430. The van der Waals surface area contributed by atoms with Gasteiger partial charge in [-0.1, -0.05) is 72.8 Å². The summed E-state index contributed by atoms with van der Waals surface area (Å²) in [6.07, 6.45) is 0. The van der Waals surface area contributed by atoms with Crippen LogP contribution in [-0.4, -0.2) is 20.7 Å². The van der Waals surface area contributed by atoms with E-state index in [0.717, 1.165) is 41.9 Å². The Kier molecular flexibility index (Phi) is 6.83. The normalized spacial score (nSPS) is 11.9. The monoisotopic (exact) mass is 474 g/mol. The van der Waals surface area contributed by atoms with E-state index in [0.29, 0.717) is 11.3 Å². The molecule has 1 aromatic heterocycles. The lowest BCUT2D eigenvalue weighted by molar-refractivity contribution is 0.248. The Labute approximate surface area is 211 Å². The highest BCUT2D eigenvalue weighted by atomic mass is 16.3. The Morgan fingerprint density at radius 1 is 0.778 bits per heavy atom. The van der Waals surface area contributed by atoms with Crippen molar-refractivity contribution < 1.29 is 5.11 Å². The van der Waals surface area contributed by atoms with Crippen LogP contribution in [0.1, 0.15) is 29.2 Å². The number of fused-ring (bicyclic) bond motifs is 1. The maximum absolute atomic E-state index is 10.5. The van der Waals surface area contributed by atoms with Gasteiger partial charge in [0.25, 0.3) is 0 Å². The van der Waals surface area contributed by atoms with E-state index in [1.165, 1.54) is 16.7 Å². The molecule has 0 unspecified atom stereocenters. The number of aliphatic imine (C=N–C) groups is 1. The Hall–Kier alpha value is -4.35. The molecule has 0 aliphatic carbocycles. The average Bonchev–Trinajstić information content (AvgIpc) is 3.21. The molecular formula is C31H30N4O. The van der Waals surface area contributed by atoms with Crippen molar-refractivity contribution in [3.05, 3.63) is 125 Å². The smallest absolute Gasteiger partial charge is 0.198 e. The lowest BCUT2D eigenvalue weighted by Crippen LogP contribution is -2.22. The van der Waals surface area contributed by atoms with Crippen molar-refractivity contribution in [3.63, 3.8) is 0 Å². The lowest BCUT2D eigenvalue weighted by atomic mass is 10.1. The summed E-state index contributed by atoms with van der Waals surface area (Å²) in [5.74, 6) is 0.103. The molecule has 0 bridgehead atoms. The predicted molar refractivity (Wildman–Crippen MR) is 149 cm³/mol. The van der Waals surface area contributed by atoms with E-state index in [9.17, 15) is 5.11 Å². The highest BCUT2D eigenvalue weighted by Crippen LogP contribution is 2.30. The SMILES string of the molecule is CC(=Nc1ccc(CN(Cc2ccccc2)Cc2ccccc2)cc1)c1c(O)[nH]c2ccc(N)cc12. The summed E-state index contributed by atoms with van der Waals surface area (Å²) in [6, 6.07) is 35.0. The van der Waals surface area contributed by atoms with Crippen molar-refractivity contribution in [2.45, 2.75) is 26.6 Å². The van der Waals surface area contributed by atoms with Gasteiger partial charge < -0.3 is 15.8 Å². The van der Waals surface area contributed by atoms with Gasteiger partial charge in [-0.2, -0.15) is 0 Å². The third kappa shape index (κ3) is 5.48. The topological polar surface area (TPSA) is 77.6 Å². The van der Waals surface area contributed by atoms with Crippen LogP contribution in [0.5, 0.6) is 5.88 Å². The first-order valence-electron chi connectivity index (χ1n) is 12.1. The van der Waals surface area contributed by atoms with Crippen LogP contribution in [-0.2, 0) is 19.6 Å². The van der Waals surface area contributed by atoms with Crippen LogP contribution in [0.3, 0.4) is 0 Å². The third-order valence-electron chi connectivity index (χ3n) is 6.30. The van der Waals surface area contributed by atoms with Crippen LogP contribution in [0, 0.1) is 0 Å². The van der Waals surface area contributed by atoms with Gasteiger partial charge in [-0.25, -0.2) is 0 Å². The highest BCUT2D eigenvalue weighted by molar-refractivity contribution is 6.13. The van der Waals surface area contributed by atoms with E-state index in [4.69, 9.17) is 10.7 Å². The van der Waals surface area contributed by atoms with Crippen molar-refractivity contribution in [1.82, 2.24) is 9.88 Å². The molecule has 5 heteroatoms. The summed E-state index contributed by atoms with van der Waals surface area (Å²) in [5.41, 5.74) is 13.5. The molecule has 36 heavy (non-hydrogen) atoms. The summed E-state index contributed by atoms with van der Waals surface area (Å²) in [5, 5.41) is 11.3. The second-order valence-electron chi connectivity index (χ2n) is 9.13.